The molecule has 1 aliphatic rings. The second kappa shape index (κ2) is 10.0. The van der Waals surface area contributed by atoms with Gasteiger partial charge in [0.15, 0.2) is 0 Å². The van der Waals surface area contributed by atoms with Crippen molar-refractivity contribution in [2.75, 3.05) is 19.6 Å². The molecule has 0 bridgehead atoms. The highest BCUT2D eigenvalue weighted by Gasteiger charge is 2.27. The molecule has 2 aromatic carbocycles. The number of nitrogens with zero attached hydrogens (tertiary/aromatic N) is 4. The lowest BCUT2D eigenvalue weighted by atomic mass is 10.1. The molecule has 1 atom stereocenters. The zero-order chi connectivity index (χ0) is 22.2. The summed E-state index contributed by atoms with van der Waals surface area (Å²) in [5.74, 6) is -0.240. The topological polar surface area (TPSA) is 88.2 Å². The van der Waals surface area contributed by atoms with Crippen molar-refractivity contribution in [2.45, 2.75) is 13.0 Å². The highest BCUT2D eigenvalue weighted by atomic mass is 16.2. The number of nitriles is 2. The number of benzene rings is 2. The normalized spacial score (nSPS) is 16.3. The van der Waals surface area contributed by atoms with Crippen LogP contribution in [0.15, 0.2) is 60.7 Å². The van der Waals surface area contributed by atoms with Crippen LogP contribution in [0.1, 0.15) is 29.2 Å². The van der Waals surface area contributed by atoms with Gasteiger partial charge in [-0.15, -0.1) is 0 Å². The van der Waals surface area contributed by atoms with Crippen molar-refractivity contribution in [2.24, 2.45) is 0 Å². The quantitative estimate of drug-likeness (QED) is 0.724. The number of hydrogen-bond acceptors (Lipinski definition) is 4. The first-order valence-corrected chi connectivity index (χ1v) is 9.96. The Bertz CT molecular complexity index is 1120. The van der Waals surface area contributed by atoms with Gasteiger partial charge < -0.3 is 9.80 Å². The largest absolute Gasteiger partial charge is 0.335 e. The predicted octanol–water partition coefficient (Wildman–Crippen LogP) is 3.22. The Morgan fingerprint density at radius 3 is 1.97 bits per heavy atom. The minimum Gasteiger partial charge on any atom is -0.335 e. The highest BCUT2D eigenvalue weighted by molar-refractivity contribution is 5.93. The molecule has 0 spiro atoms. The number of hydrogen-bond donors (Lipinski definition) is 0. The fraction of sp³-hybridized carbons (Fsp3) is 0.200. The molecule has 2 amide bonds. The Morgan fingerprint density at radius 1 is 0.903 bits per heavy atom. The zero-order valence-corrected chi connectivity index (χ0v) is 17.2. The smallest absolute Gasteiger partial charge is 0.246 e. The number of carbonyl (C=O) groups excluding carboxylic acids is 2. The first-order valence-electron chi connectivity index (χ1n) is 9.96. The van der Waals surface area contributed by atoms with Gasteiger partial charge in [-0.1, -0.05) is 24.3 Å². The van der Waals surface area contributed by atoms with Crippen LogP contribution in [0, 0.1) is 22.7 Å². The molecule has 0 radical (unpaired) electrons. The summed E-state index contributed by atoms with van der Waals surface area (Å²) in [5, 5.41) is 17.9. The van der Waals surface area contributed by atoms with Crippen LogP contribution in [0.5, 0.6) is 0 Å². The van der Waals surface area contributed by atoms with Crippen LogP contribution >= 0.6 is 0 Å². The summed E-state index contributed by atoms with van der Waals surface area (Å²) >= 11 is 0. The molecular weight excluding hydrogens is 388 g/mol. The van der Waals surface area contributed by atoms with Crippen molar-refractivity contribution in [3.8, 4) is 12.1 Å². The van der Waals surface area contributed by atoms with E-state index in [1.165, 1.54) is 12.2 Å². The van der Waals surface area contributed by atoms with Crippen molar-refractivity contribution in [1.82, 2.24) is 9.80 Å². The number of amides is 2. The van der Waals surface area contributed by atoms with Gasteiger partial charge in [0, 0.05) is 37.8 Å². The summed E-state index contributed by atoms with van der Waals surface area (Å²) in [6.07, 6.45) is 6.41. The molecule has 0 saturated carbocycles. The number of carbonyl (C=O) groups is 2. The van der Waals surface area contributed by atoms with Gasteiger partial charge in [-0.25, -0.2) is 0 Å². The Balaban J connectivity index is 1.58. The first kappa shape index (κ1) is 21.5. The van der Waals surface area contributed by atoms with Crippen LogP contribution in [0.3, 0.4) is 0 Å². The molecule has 0 N–H and O–H groups in total. The van der Waals surface area contributed by atoms with Crippen LogP contribution in [-0.2, 0) is 9.59 Å². The Kier molecular flexibility index (Phi) is 6.98. The van der Waals surface area contributed by atoms with Crippen molar-refractivity contribution in [3.05, 3.63) is 82.9 Å². The molecule has 31 heavy (non-hydrogen) atoms. The number of piperazine rings is 1. The Labute approximate surface area is 181 Å². The van der Waals surface area contributed by atoms with Crippen LogP contribution < -0.4 is 0 Å². The Morgan fingerprint density at radius 2 is 1.45 bits per heavy atom. The number of rotatable bonds is 4. The third kappa shape index (κ3) is 5.68. The van der Waals surface area contributed by atoms with Crippen molar-refractivity contribution in [3.63, 3.8) is 0 Å². The molecule has 1 aliphatic heterocycles. The molecule has 154 valence electrons. The minimum absolute atomic E-state index is 0.115. The molecule has 0 aromatic heterocycles. The summed E-state index contributed by atoms with van der Waals surface area (Å²) in [4.78, 5) is 28.6. The van der Waals surface area contributed by atoms with E-state index in [2.05, 4.69) is 12.1 Å². The zero-order valence-electron chi connectivity index (χ0n) is 17.2. The minimum atomic E-state index is -0.120. The van der Waals surface area contributed by atoms with E-state index in [0.717, 1.165) is 11.1 Å². The fourth-order valence-corrected chi connectivity index (χ4v) is 3.45. The molecule has 0 aliphatic carbocycles. The SMILES string of the molecule is C[C@H]1CN(C(=O)/C=C/c2cccc(C#N)c2)CCN1C(=O)/C=C/c1cccc(C#N)c1. The van der Waals surface area contributed by atoms with Crippen molar-refractivity contribution < 1.29 is 9.59 Å². The second-order valence-electron chi connectivity index (χ2n) is 7.31. The summed E-state index contributed by atoms with van der Waals surface area (Å²) in [7, 11) is 0. The third-order valence-corrected chi connectivity index (χ3v) is 5.09. The average molecular weight is 410 g/mol. The summed E-state index contributed by atoms with van der Waals surface area (Å²) < 4.78 is 0. The molecule has 1 saturated heterocycles. The van der Waals surface area contributed by atoms with Crippen LogP contribution in [0.25, 0.3) is 12.2 Å². The summed E-state index contributed by atoms with van der Waals surface area (Å²) in [6, 6.07) is 18.1. The lowest BCUT2D eigenvalue weighted by Gasteiger charge is -2.39. The maximum absolute atomic E-state index is 12.6. The highest BCUT2D eigenvalue weighted by Crippen LogP contribution is 2.13. The van der Waals surface area contributed by atoms with Gasteiger partial charge in [0.1, 0.15) is 0 Å². The van der Waals surface area contributed by atoms with Gasteiger partial charge in [-0.3, -0.25) is 9.59 Å². The van der Waals surface area contributed by atoms with E-state index in [0.29, 0.717) is 30.8 Å². The second-order valence-corrected chi connectivity index (χ2v) is 7.31. The molecular formula is C25H22N4O2. The lowest BCUT2D eigenvalue weighted by molar-refractivity contribution is -0.136. The van der Waals surface area contributed by atoms with Crippen molar-refractivity contribution in [1.29, 1.82) is 10.5 Å². The van der Waals surface area contributed by atoms with E-state index in [4.69, 9.17) is 10.5 Å². The molecule has 0 unspecified atom stereocenters. The molecule has 1 fully saturated rings. The van der Waals surface area contributed by atoms with Crippen LogP contribution in [0.4, 0.5) is 0 Å². The van der Waals surface area contributed by atoms with E-state index in [1.807, 2.05) is 19.1 Å². The predicted molar refractivity (Wildman–Crippen MR) is 118 cm³/mol. The molecule has 2 aromatic rings. The van der Waals surface area contributed by atoms with E-state index in [1.54, 1.807) is 58.4 Å². The van der Waals surface area contributed by atoms with Crippen molar-refractivity contribution >= 4 is 24.0 Å². The van der Waals surface area contributed by atoms with E-state index < -0.39 is 0 Å². The average Bonchev–Trinajstić information content (AvgIpc) is 2.81. The molecule has 1 heterocycles. The van der Waals surface area contributed by atoms with Gasteiger partial charge in [0.25, 0.3) is 0 Å². The van der Waals surface area contributed by atoms with Gasteiger partial charge in [0.05, 0.1) is 23.3 Å². The monoisotopic (exact) mass is 410 g/mol. The van der Waals surface area contributed by atoms with E-state index >= 15 is 0 Å². The van der Waals surface area contributed by atoms with Crippen LogP contribution in [0.2, 0.25) is 0 Å². The van der Waals surface area contributed by atoms with Gasteiger partial charge in [-0.2, -0.15) is 10.5 Å². The van der Waals surface area contributed by atoms with E-state index in [9.17, 15) is 9.59 Å². The maximum atomic E-state index is 12.6. The van der Waals surface area contributed by atoms with Crippen LogP contribution in [-0.4, -0.2) is 47.3 Å². The standard InChI is InChI=1S/C25H22N4O2/c1-19-18-28(24(30)10-8-20-4-2-6-22(14-20)16-26)12-13-29(19)25(31)11-9-21-5-3-7-23(15-21)17-27/h2-11,14-15,19H,12-13,18H2,1H3/b10-8+,11-9+/t19-/m0/s1. The van der Waals surface area contributed by atoms with Gasteiger partial charge >= 0.3 is 0 Å². The molecule has 6 heteroatoms. The van der Waals surface area contributed by atoms with Gasteiger partial charge in [0.2, 0.25) is 11.8 Å². The maximum Gasteiger partial charge on any atom is 0.246 e. The molecule has 6 nitrogen and oxygen atoms in total. The summed E-state index contributed by atoms with van der Waals surface area (Å²) in [6.45, 7) is 3.27. The third-order valence-electron chi connectivity index (χ3n) is 5.09. The lowest BCUT2D eigenvalue weighted by Crippen LogP contribution is -2.54. The Hall–Kier alpha value is -4.16. The van der Waals surface area contributed by atoms with Gasteiger partial charge in [-0.05, 0) is 54.5 Å². The fourth-order valence-electron chi connectivity index (χ4n) is 3.45. The van der Waals surface area contributed by atoms with E-state index in [-0.39, 0.29) is 17.9 Å². The summed E-state index contributed by atoms with van der Waals surface area (Å²) in [5.41, 5.74) is 2.67. The molecule has 3 rings (SSSR count). The first-order chi connectivity index (χ1) is 15.0.